The number of methoxy groups -OCH3 is 1. The molecule has 10 nitrogen and oxygen atoms in total. The summed E-state index contributed by atoms with van der Waals surface area (Å²) in [5.41, 5.74) is 5.90. The van der Waals surface area contributed by atoms with Crippen molar-refractivity contribution >= 4 is 39.7 Å². The Morgan fingerprint density at radius 2 is 1.97 bits per heavy atom. The highest BCUT2D eigenvalue weighted by atomic mass is 32.1. The van der Waals surface area contributed by atoms with Crippen molar-refractivity contribution in [3.8, 4) is 0 Å². The number of unbranched alkanes of at least 4 members (excludes halogenated alkanes) is 1. The van der Waals surface area contributed by atoms with E-state index in [0.29, 0.717) is 23.5 Å². The van der Waals surface area contributed by atoms with Gasteiger partial charge in [-0.25, -0.2) is 9.59 Å². The molecular formula is C19H27N5O5S. The summed E-state index contributed by atoms with van der Waals surface area (Å²) in [7, 11) is 2.80. The number of amides is 1. The third-order valence-electron chi connectivity index (χ3n) is 4.74. The maximum absolute atomic E-state index is 12.6. The summed E-state index contributed by atoms with van der Waals surface area (Å²) in [6.45, 7) is 5.74. The van der Waals surface area contributed by atoms with E-state index >= 15 is 0 Å². The fraction of sp³-hybridized carbons (Fsp3) is 0.474. The zero-order valence-electron chi connectivity index (χ0n) is 17.7. The molecule has 0 aliphatic rings. The molecule has 0 unspecified atom stereocenters. The molecule has 0 fully saturated rings. The van der Waals surface area contributed by atoms with Crippen molar-refractivity contribution < 1.29 is 14.3 Å². The van der Waals surface area contributed by atoms with Crippen LogP contribution < -0.4 is 27.2 Å². The molecule has 0 saturated carbocycles. The van der Waals surface area contributed by atoms with Crippen LogP contribution in [0.2, 0.25) is 0 Å². The van der Waals surface area contributed by atoms with Crippen molar-refractivity contribution in [1.82, 2.24) is 9.55 Å². The maximum atomic E-state index is 12.6. The van der Waals surface area contributed by atoms with Crippen LogP contribution in [0.1, 0.15) is 40.6 Å². The minimum Gasteiger partial charge on any atom is -0.465 e. The van der Waals surface area contributed by atoms with Gasteiger partial charge in [0.2, 0.25) is 5.91 Å². The molecule has 2 aromatic heterocycles. The van der Waals surface area contributed by atoms with Crippen molar-refractivity contribution in [1.29, 1.82) is 0 Å². The van der Waals surface area contributed by atoms with Crippen molar-refractivity contribution in [2.75, 3.05) is 36.7 Å². The number of aromatic nitrogens is 2. The predicted molar refractivity (Wildman–Crippen MR) is 118 cm³/mol. The molecule has 0 spiro atoms. The Bertz CT molecular complexity index is 1070. The van der Waals surface area contributed by atoms with E-state index in [0.717, 1.165) is 16.9 Å². The minimum absolute atomic E-state index is 0.00515. The Labute approximate surface area is 177 Å². The summed E-state index contributed by atoms with van der Waals surface area (Å²) in [5, 5.41) is 3.08. The number of esters is 1. The number of aromatic amines is 1. The summed E-state index contributed by atoms with van der Waals surface area (Å²) in [4.78, 5) is 53.5. The van der Waals surface area contributed by atoms with E-state index in [1.165, 1.54) is 35.0 Å². The third-order valence-corrected chi connectivity index (χ3v) is 5.86. The summed E-state index contributed by atoms with van der Waals surface area (Å²) in [5.74, 6) is -0.983. The molecule has 11 heteroatoms. The molecule has 1 amide bonds. The Morgan fingerprint density at radius 3 is 2.57 bits per heavy atom. The molecule has 0 aliphatic carbocycles. The standard InChI is InChI=1S/C19H27N5O5S/c1-6-7-8-24-15(20)14(16(26)22-19(24)28)23(4)9-12(25)21-17-13(18(27)29-5)10(2)11(3)30-17/h6-9,20H2,1-5H3,(H,21,25)(H,22,26,28). The third kappa shape index (κ3) is 4.73. The van der Waals surface area contributed by atoms with Crippen LogP contribution in [-0.2, 0) is 16.1 Å². The zero-order chi connectivity index (χ0) is 22.6. The van der Waals surface area contributed by atoms with Crippen molar-refractivity contribution in [3.63, 3.8) is 0 Å². The van der Waals surface area contributed by atoms with Gasteiger partial charge >= 0.3 is 11.7 Å². The van der Waals surface area contributed by atoms with E-state index in [2.05, 4.69) is 10.3 Å². The second-order valence-electron chi connectivity index (χ2n) is 6.88. The molecule has 2 heterocycles. The lowest BCUT2D eigenvalue weighted by molar-refractivity contribution is -0.114. The van der Waals surface area contributed by atoms with Crippen molar-refractivity contribution in [2.45, 2.75) is 40.2 Å². The van der Waals surface area contributed by atoms with E-state index < -0.39 is 23.1 Å². The molecule has 2 aromatic rings. The maximum Gasteiger partial charge on any atom is 0.341 e. The number of aryl methyl sites for hydroxylation is 1. The zero-order valence-corrected chi connectivity index (χ0v) is 18.6. The van der Waals surface area contributed by atoms with Gasteiger partial charge in [-0.05, 0) is 25.8 Å². The lowest BCUT2D eigenvalue weighted by Gasteiger charge is -2.21. The lowest BCUT2D eigenvalue weighted by Crippen LogP contribution is -2.39. The summed E-state index contributed by atoms with van der Waals surface area (Å²) >= 11 is 1.27. The van der Waals surface area contributed by atoms with Gasteiger partial charge in [0, 0.05) is 18.5 Å². The number of carbonyl (C=O) groups is 2. The van der Waals surface area contributed by atoms with Crippen LogP contribution in [0.5, 0.6) is 0 Å². The molecule has 2 rings (SSSR count). The van der Waals surface area contributed by atoms with Gasteiger partial charge in [-0.15, -0.1) is 11.3 Å². The first-order valence-electron chi connectivity index (χ1n) is 9.44. The van der Waals surface area contributed by atoms with Crippen LogP contribution in [-0.4, -0.2) is 42.1 Å². The second kappa shape index (κ2) is 9.61. The quantitative estimate of drug-likeness (QED) is 0.531. The smallest absolute Gasteiger partial charge is 0.341 e. The SMILES string of the molecule is CCCCn1c(N)c(N(C)CC(=O)Nc2sc(C)c(C)c2C(=O)OC)c(=O)[nH]c1=O. The lowest BCUT2D eigenvalue weighted by atomic mass is 10.1. The normalized spacial score (nSPS) is 10.7. The molecule has 164 valence electrons. The average Bonchev–Trinajstić information content (AvgIpc) is 2.93. The topological polar surface area (TPSA) is 140 Å². The first kappa shape index (κ1) is 23.2. The average molecular weight is 438 g/mol. The number of ether oxygens (including phenoxy) is 1. The number of nitrogens with one attached hydrogen (secondary N) is 2. The van der Waals surface area contributed by atoms with Crippen LogP contribution in [0.15, 0.2) is 9.59 Å². The summed E-state index contributed by atoms with van der Waals surface area (Å²) in [6, 6.07) is 0. The molecule has 30 heavy (non-hydrogen) atoms. The van der Waals surface area contributed by atoms with Gasteiger partial charge in [0.05, 0.1) is 19.2 Å². The van der Waals surface area contributed by atoms with Crippen LogP contribution in [0.4, 0.5) is 16.5 Å². The molecule has 0 bridgehead atoms. The first-order valence-corrected chi connectivity index (χ1v) is 10.3. The Balaban J connectivity index is 2.27. The Morgan fingerprint density at radius 1 is 1.30 bits per heavy atom. The highest BCUT2D eigenvalue weighted by Gasteiger charge is 2.23. The van der Waals surface area contributed by atoms with E-state index in [9.17, 15) is 19.2 Å². The van der Waals surface area contributed by atoms with Gasteiger partial charge < -0.3 is 20.7 Å². The molecule has 0 radical (unpaired) electrons. The monoisotopic (exact) mass is 437 g/mol. The van der Waals surface area contributed by atoms with Gasteiger partial charge in [0.1, 0.15) is 16.5 Å². The van der Waals surface area contributed by atoms with Gasteiger partial charge in [-0.2, -0.15) is 0 Å². The Hall–Kier alpha value is -3.08. The van der Waals surface area contributed by atoms with E-state index in [-0.39, 0.29) is 18.1 Å². The van der Waals surface area contributed by atoms with E-state index in [4.69, 9.17) is 10.5 Å². The largest absolute Gasteiger partial charge is 0.465 e. The molecule has 0 aliphatic heterocycles. The number of anilines is 3. The second-order valence-corrected chi connectivity index (χ2v) is 8.11. The number of nitrogens with two attached hydrogens (primary N) is 1. The summed E-state index contributed by atoms with van der Waals surface area (Å²) < 4.78 is 6.09. The first-order chi connectivity index (χ1) is 14.1. The molecule has 4 N–H and O–H groups in total. The molecule has 0 atom stereocenters. The van der Waals surface area contributed by atoms with Gasteiger partial charge in [0.15, 0.2) is 0 Å². The Kier molecular flexibility index (Phi) is 7.43. The fourth-order valence-corrected chi connectivity index (χ4v) is 4.07. The molecule has 0 aromatic carbocycles. The summed E-state index contributed by atoms with van der Waals surface area (Å²) in [6.07, 6.45) is 1.56. The van der Waals surface area contributed by atoms with Crippen LogP contribution in [0.3, 0.4) is 0 Å². The number of hydrogen-bond donors (Lipinski definition) is 3. The number of nitrogens with zero attached hydrogens (tertiary/aromatic N) is 2. The fourth-order valence-electron chi connectivity index (χ4n) is 3.01. The number of nitrogen functional groups attached to an aromatic ring is 1. The highest BCUT2D eigenvalue weighted by Crippen LogP contribution is 2.33. The van der Waals surface area contributed by atoms with E-state index in [1.807, 2.05) is 13.8 Å². The van der Waals surface area contributed by atoms with Crippen molar-refractivity contribution in [3.05, 3.63) is 36.8 Å². The van der Waals surface area contributed by atoms with Crippen LogP contribution in [0, 0.1) is 13.8 Å². The number of carbonyl (C=O) groups excluding carboxylic acids is 2. The number of thiophene rings is 1. The number of H-pyrrole nitrogens is 1. The molecule has 0 saturated heterocycles. The van der Waals surface area contributed by atoms with Gasteiger partial charge in [-0.3, -0.25) is 19.1 Å². The number of hydrogen-bond acceptors (Lipinski definition) is 8. The minimum atomic E-state index is -0.668. The van der Waals surface area contributed by atoms with E-state index in [1.54, 1.807) is 6.92 Å². The highest BCUT2D eigenvalue weighted by molar-refractivity contribution is 7.16. The predicted octanol–water partition coefficient (Wildman–Crippen LogP) is 1.46. The number of likely N-dealkylation sites (N-methyl/N-ethyl adjacent to an activating group) is 1. The number of rotatable bonds is 8. The molecular weight excluding hydrogens is 410 g/mol. The van der Waals surface area contributed by atoms with Gasteiger partial charge in [-0.1, -0.05) is 13.3 Å². The van der Waals surface area contributed by atoms with Crippen LogP contribution in [0.25, 0.3) is 0 Å². The van der Waals surface area contributed by atoms with Gasteiger partial charge in [0.25, 0.3) is 5.56 Å². The van der Waals surface area contributed by atoms with Crippen molar-refractivity contribution in [2.24, 2.45) is 0 Å². The van der Waals surface area contributed by atoms with Crippen LogP contribution >= 0.6 is 11.3 Å².